The zero-order valence-corrected chi connectivity index (χ0v) is 18.9. The minimum absolute atomic E-state index is 0.168. The van der Waals surface area contributed by atoms with Gasteiger partial charge in [-0.3, -0.25) is 4.79 Å². The second-order valence-corrected chi connectivity index (χ2v) is 9.12. The number of hydrogen-bond acceptors (Lipinski definition) is 6. The lowest BCUT2D eigenvalue weighted by Crippen LogP contribution is -2.14. The number of benzene rings is 2. The SMILES string of the molecule is COc1ccc(C)cc1-c1csc(NC(=O)Cc2sc(C)nc2-c2ccc(F)cc2)n1. The summed E-state index contributed by atoms with van der Waals surface area (Å²) in [5, 5.41) is 6.15. The van der Waals surface area contributed by atoms with E-state index in [4.69, 9.17) is 4.74 Å². The summed E-state index contributed by atoms with van der Waals surface area (Å²) in [4.78, 5) is 22.6. The van der Waals surface area contributed by atoms with Crippen LogP contribution >= 0.6 is 22.7 Å². The monoisotopic (exact) mass is 453 g/mol. The number of carbonyl (C=O) groups excluding carboxylic acids is 1. The number of ether oxygens (including phenoxy) is 1. The average Bonchev–Trinajstić information content (AvgIpc) is 3.35. The molecule has 0 saturated carbocycles. The highest BCUT2D eigenvalue weighted by molar-refractivity contribution is 7.14. The molecule has 4 rings (SSSR count). The lowest BCUT2D eigenvalue weighted by atomic mass is 10.1. The molecule has 0 radical (unpaired) electrons. The molecule has 0 unspecified atom stereocenters. The Hall–Kier alpha value is -3.10. The topological polar surface area (TPSA) is 64.1 Å². The summed E-state index contributed by atoms with van der Waals surface area (Å²) in [5.74, 6) is 0.252. The second kappa shape index (κ2) is 8.95. The second-order valence-electron chi connectivity index (χ2n) is 6.98. The summed E-state index contributed by atoms with van der Waals surface area (Å²) in [5.41, 5.74) is 4.24. The number of halogens is 1. The van der Waals surface area contributed by atoms with Gasteiger partial charge < -0.3 is 10.1 Å². The van der Waals surface area contributed by atoms with Crippen molar-refractivity contribution in [2.75, 3.05) is 12.4 Å². The van der Waals surface area contributed by atoms with E-state index in [0.29, 0.717) is 10.8 Å². The first-order valence-corrected chi connectivity index (χ1v) is 11.2. The summed E-state index contributed by atoms with van der Waals surface area (Å²) < 4.78 is 18.7. The van der Waals surface area contributed by atoms with Gasteiger partial charge in [-0.15, -0.1) is 22.7 Å². The maximum absolute atomic E-state index is 13.3. The maximum Gasteiger partial charge on any atom is 0.231 e. The Balaban J connectivity index is 1.51. The van der Waals surface area contributed by atoms with Crippen LogP contribution in [0.3, 0.4) is 0 Å². The van der Waals surface area contributed by atoms with E-state index in [0.717, 1.165) is 38.0 Å². The third-order valence-electron chi connectivity index (χ3n) is 4.62. The molecule has 0 saturated heterocycles. The van der Waals surface area contributed by atoms with Crippen molar-refractivity contribution < 1.29 is 13.9 Å². The van der Waals surface area contributed by atoms with Crippen LogP contribution < -0.4 is 10.1 Å². The van der Waals surface area contributed by atoms with Crippen molar-refractivity contribution in [3.63, 3.8) is 0 Å². The predicted molar refractivity (Wildman–Crippen MR) is 123 cm³/mol. The summed E-state index contributed by atoms with van der Waals surface area (Å²) in [6, 6.07) is 12.0. The van der Waals surface area contributed by atoms with Crippen LogP contribution in [0.1, 0.15) is 15.4 Å². The van der Waals surface area contributed by atoms with Crippen molar-refractivity contribution in [1.82, 2.24) is 9.97 Å². The predicted octanol–water partition coefficient (Wildman–Crippen LogP) is 5.88. The van der Waals surface area contributed by atoms with Crippen molar-refractivity contribution in [3.05, 3.63) is 69.1 Å². The molecule has 4 aromatic rings. The molecular formula is C23H20FN3O2S2. The summed E-state index contributed by atoms with van der Waals surface area (Å²) in [7, 11) is 1.62. The Morgan fingerprint density at radius 2 is 1.90 bits per heavy atom. The van der Waals surface area contributed by atoms with Crippen molar-refractivity contribution in [2.45, 2.75) is 20.3 Å². The third-order valence-corrected chi connectivity index (χ3v) is 6.35. The van der Waals surface area contributed by atoms with E-state index < -0.39 is 0 Å². The number of nitrogens with one attached hydrogen (secondary N) is 1. The van der Waals surface area contributed by atoms with E-state index in [1.165, 1.54) is 34.8 Å². The molecule has 0 aliphatic carbocycles. The minimum Gasteiger partial charge on any atom is -0.496 e. The van der Waals surface area contributed by atoms with E-state index >= 15 is 0 Å². The van der Waals surface area contributed by atoms with E-state index in [9.17, 15) is 9.18 Å². The van der Waals surface area contributed by atoms with Crippen molar-refractivity contribution in [3.8, 4) is 28.3 Å². The lowest BCUT2D eigenvalue weighted by Gasteiger charge is -2.07. The number of thiazole rings is 2. The van der Waals surface area contributed by atoms with Crippen LogP contribution in [-0.2, 0) is 11.2 Å². The highest BCUT2D eigenvalue weighted by atomic mass is 32.1. The molecule has 0 bridgehead atoms. The van der Waals surface area contributed by atoms with Crippen LogP contribution in [0, 0.1) is 19.7 Å². The number of rotatable bonds is 6. The molecule has 31 heavy (non-hydrogen) atoms. The Morgan fingerprint density at radius 3 is 2.65 bits per heavy atom. The van der Waals surface area contributed by atoms with Crippen LogP contribution in [0.5, 0.6) is 5.75 Å². The summed E-state index contributed by atoms with van der Waals surface area (Å²) in [6.45, 7) is 3.90. The van der Waals surface area contributed by atoms with Gasteiger partial charge in [0.1, 0.15) is 11.6 Å². The first kappa shape index (κ1) is 21.1. The number of aryl methyl sites for hydroxylation is 2. The van der Waals surface area contributed by atoms with Crippen LogP contribution in [0.2, 0.25) is 0 Å². The van der Waals surface area contributed by atoms with Gasteiger partial charge in [-0.25, -0.2) is 14.4 Å². The molecule has 8 heteroatoms. The van der Waals surface area contributed by atoms with E-state index in [1.807, 2.05) is 37.4 Å². The number of aromatic nitrogens is 2. The molecule has 158 valence electrons. The number of methoxy groups -OCH3 is 1. The van der Waals surface area contributed by atoms with Gasteiger partial charge in [-0.1, -0.05) is 11.6 Å². The van der Waals surface area contributed by atoms with E-state index in [1.54, 1.807) is 19.2 Å². The van der Waals surface area contributed by atoms with Gasteiger partial charge in [0.15, 0.2) is 5.13 Å². The Morgan fingerprint density at radius 1 is 1.13 bits per heavy atom. The third kappa shape index (κ3) is 4.81. The largest absolute Gasteiger partial charge is 0.496 e. The van der Waals surface area contributed by atoms with Gasteiger partial charge in [-0.05, 0) is 50.2 Å². The maximum atomic E-state index is 13.3. The molecular weight excluding hydrogens is 433 g/mol. The van der Waals surface area contributed by atoms with Crippen molar-refractivity contribution >= 4 is 33.7 Å². The van der Waals surface area contributed by atoms with Crippen LogP contribution in [0.15, 0.2) is 47.8 Å². The van der Waals surface area contributed by atoms with Crippen LogP contribution in [0.25, 0.3) is 22.5 Å². The van der Waals surface area contributed by atoms with Gasteiger partial charge in [0, 0.05) is 21.4 Å². The molecule has 1 amide bonds. The molecule has 5 nitrogen and oxygen atoms in total. The van der Waals surface area contributed by atoms with Gasteiger partial charge in [0.05, 0.1) is 29.9 Å². The standard InChI is InChI=1S/C23H20FN3O2S2/c1-13-4-9-19(29-3)17(10-13)18-12-30-23(26-18)27-21(28)11-20-22(25-14(2)31-20)15-5-7-16(24)8-6-15/h4-10,12H,11H2,1-3H3,(H,26,27,28). The number of nitrogens with zero attached hydrogens (tertiary/aromatic N) is 2. The fourth-order valence-corrected chi connectivity index (χ4v) is 4.89. The zero-order valence-electron chi connectivity index (χ0n) is 17.2. The van der Waals surface area contributed by atoms with Crippen LogP contribution in [0.4, 0.5) is 9.52 Å². The molecule has 0 atom stereocenters. The Labute approximate surface area is 187 Å². The lowest BCUT2D eigenvalue weighted by molar-refractivity contribution is -0.115. The first-order chi connectivity index (χ1) is 14.9. The van der Waals surface area contributed by atoms with Gasteiger partial charge >= 0.3 is 0 Å². The number of anilines is 1. The molecule has 0 spiro atoms. The molecule has 2 heterocycles. The molecule has 0 aliphatic rings. The minimum atomic E-state index is -0.306. The first-order valence-electron chi connectivity index (χ1n) is 9.55. The van der Waals surface area contributed by atoms with Crippen molar-refractivity contribution in [1.29, 1.82) is 0 Å². The smallest absolute Gasteiger partial charge is 0.231 e. The van der Waals surface area contributed by atoms with E-state index in [-0.39, 0.29) is 18.1 Å². The number of carbonyl (C=O) groups is 1. The highest BCUT2D eigenvalue weighted by Crippen LogP contribution is 2.33. The average molecular weight is 454 g/mol. The normalized spacial score (nSPS) is 10.8. The van der Waals surface area contributed by atoms with Gasteiger partial charge in [0.2, 0.25) is 5.91 Å². The fraction of sp³-hybridized carbons (Fsp3) is 0.174. The summed E-state index contributed by atoms with van der Waals surface area (Å²) in [6.07, 6.45) is 0.168. The van der Waals surface area contributed by atoms with Gasteiger partial charge in [0.25, 0.3) is 0 Å². The zero-order chi connectivity index (χ0) is 22.0. The molecule has 0 fully saturated rings. The Kier molecular flexibility index (Phi) is 6.11. The number of amides is 1. The molecule has 0 aliphatic heterocycles. The van der Waals surface area contributed by atoms with Gasteiger partial charge in [-0.2, -0.15) is 0 Å². The molecule has 2 aromatic heterocycles. The fourth-order valence-electron chi connectivity index (χ4n) is 3.21. The van der Waals surface area contributed by atoms with Crippen LogP contribution in [-0.4, -0.2) is 23.0 Å². The quantitative estimate of drug-likeness (QED) is 0.396. The molecule has 2 aromatic carbocycles. The summed E-state index contributed by atoms with van der Waals surface area (Å²) >= 11 is 2.82. The Bertz CT molecular complexity index is 1230. The molecule has 1 N–H and O–H groups in total. The highest BCUT2D eigenvalue weighted by Gasteiger charge is 2.17. The van der Waals surface area contributed by atoms with Crippen molar-refractivity contribution in [2.24, 2.45) is 0 Å². The van der Waals surface area contributed by atoms with E-state index in [2.05, 4.69) is 15.3 Å². The number of hydrogen-bond donors (Lipinski definition) is 1.